The van der Waals surface area contributed by atoms with Gasteiger partial charge < -0.3 is 4.90 Å². The highest BCUT2D eigenvalue weighted by atomic mass is 19.4. The van der Waals surface area contributed by atoms with E-state index in [1.807, 2.05) is 25.8 Å². The van der Waals surface area contributed by atoms with Crippen molar-refractivity contribution in [2.24, 2.45) is 0 Å². The number of pyridine rings is 1. The summed E-state index contributed by atoms with van der Waals surface area (Å²) in [5, 5.41) is 0. The van der Waals surface area contributed by atoms with Gasteiger partial charge in [-0.3, -0.25) is 4.98 Å². The zero-order valence-corrected chi connectivity index (χ0v) is 10.1. The first kappa shape index (κ1) is 12.4. The fraction of sp³-hybridized carbons (Fsp3) is 0.583. The minimum absolute atomic E-state index is 0.202. The summed E-state index contributed by atoms with van der Waals surface area (Å²) in [5.41, 5.74) is 0.594. The molecule has 0 saturated carbocycles. The number of halogens is 3. The maximum Gasteiger partial charge on any atom is 0.417 e. The number of aromatic nitrogens is 1. The summed E-state index contributed by atoms with van der Waals surface area (Å²) in [4.78, 5) is 6.04. The summed E-state index contributed by atoms with van der Waals surface area (Å²) in [6, 6.07) is 1.22. The summed E-state index contributed by atoms with van der Waals surface area (Å²) >= 11 is 0. The summed E-state index contributed by atoms with van der Waals surface area (Å²) in [7, 11) is 1.91. The van der Waals surface area contributed by atoms with Crippen molar-refractivity contribution in [2.45, 2.75) is 32.0 Å². The molecule has 1 aliphatic rings. The lowest BCUT2D eigenvalue weighted by atomic mass is 9.82. The summed E-state index contributed by atoms with van der Waals surface area (Å²) < 4.78 is 37.8. The molecule has 0 aliphatic carbocycles. The van der Waals surface area contributed by atoms with Crippen LogP contribution in [0.25, 0.3) is 0 Å². The van der Waals surface area contributed by atoms with Crippen LogP contribution in [0.3, 0.4) is 0 Å². The molecule has 2 rings (SSSR count). The van der Waals surface area contributed by atoms with Crippen molar-refractivity contribution in [3.05, 3.63) is 29.1 Å². The van der Waals surface area contributed by atoms with Crippen LogP contribution >= 0.6 is 0 Å². The van der Waals surface area contributed by atoms with Gasteiger partial charge in [-0.25, -0.2) is 0 Å². The van der Waals surface area contributed by atoms with Gasteiger partial charge in [0.1, 0.15) is 0 Å². The van der Waals surface area contributed by atoms with E-state index in [1.54, 1.807) is 0 Å². The molecule has 0 N–H and O–H groups in total. The minimum atomic E-state index is -4.32. The fourth-order valence-electron chi connectivity index (χ4n) is 2.49. The van der Waals surface area contributed by atoms with Gasteiger partial charge in [0, 0.05) is 24.7 Å². The van der Waals surface area contributed by atoms with E-state index in [1.165, 1.54) is 6.07 Å². The maximum atomic E-state index is 12.6. The largest absolute Gasteiger partial charge is 0.417 e. The molecule has 5 heteroatoms. The maximum absolute atomic E-state index is 12.6. The Morgan fingerprint density at radius 2 is 2.00 bits per heavy atom. The van der Waals surface area contributed by atoms with E-state index in [2.05, 4.69) is 4.98 Å². The molecule has 0 fully saturated rings. The predicted octanol–water partition coefficient (Wildman–Crippen LogP) is 2.82. The molecule has 17 heavy (non-hydrogen) atoms. The number of likely N-dealkylation sites (N-methyl/N-ethyl adjacent to an activating group) is 1. The zero-order chi connectivity index (χ0) is 12.8. The number of hydrogen-bond donors (Lipinski definition) is 0. The van der Waals surface area contributed by atoms with Crippen LogP contribution in [0.4, 0.5) is 13.2 Å². The molecule has 94 valence electrons. The van der Waals surface area contributed by atoms with Crippen molar-refractivity contribution in [2.75, 3.05) is 13.6 Å². The smallest absolute Gasteiger partial charge is 0.301 e. The van der Waals surface area contributed by atoms with Gasteiger partial charge >= 0.3 is 6.18 Å². The normalized spacial score (nSPS) is 20.1. The second-order valence-corrected chi connectivity index (χ2v) is 5.29. The Morgan fingerprint density at radius 1 is 1.35 bits per heavy atom. The van der Waals surface area contributed by atoms with E-state index in [0.29, 0.717) is 12.1 Å². The molecule has 2 nitrogen and oxygen atoms in total. The van der Waals surface area contributed by atoms with E-state index in [0.717, 1.165) is 18.4 Å². The molecule has 1 aliphatic heterocycles. The van der Waals surface area contributed by atoms with E-state index in [4.69, 9.17) is 0 Å². The molecule has 0 radical (unpaired) electrons. The third-order valence-corrected chi connectivity index (χ3v) is 3.04. The van der Waals surface area contributed by atoms with Crippen molar-refractivity contribution in [1.82, 2.24) is 9.88 Å². The molecule has 2 heterocycles. The quantitative estimate of drug-likeness (QED) is 0.697. The fourth-order valence-corrected chi connectivity index (χ4v) is 2.49. The topological polar surface area (TPSA) is 16.1 Å². The van der Waals surface area contributed by atoms with Gasteiger partial charge in [0.2, 0.25) is 0 Å². The average Bonchev–Trinajstić information content (AvgIpc) is 2.13. The first-order chi connectivity index (χ1) is 7.70. The Morgan fingerprint density at radius 3 is 2.59 bits per heavy atom. The van der Waals surface area contributed by atoms with Crippen LogP contribution < -0.4 is 0 Å². The Bertz CT molecular complexity index is 438. The van der Waals surface area contributed by atoms with Crippen LogP contribution in [0.5, 0.6) is 0 Å². The Balaban J connectivity index is 2.49. The van der Waals surface area contributed by atoms with E-state index < -0.39 is 11.7 Å². The molecule has 0 amide bonds. The lowest BCUT2D eigenvalue weighted by Gasteiger charge is -2.37. The van der Waals surface area contributed by atoms with Crippen LogP contribution in [-0.2, 0) is 18.1 Å². The number of alkyl halides is 3. The van der Waals surface area contributed by atoms with Crippen molar-refractivity contribution in [3.63, 3.8) is 0 Å². The molecule has 0 atom stereocenters. The van der Waals surface area contributed by atoms with Crippen molar-refractivity contribution in [1.29, 1.82) is 0 Å². The Hall–Kier alpha value is -1.10. The molecule has 1 aromatic rings. The van der Waals surface area contributed by atoms with E-state index in [-0.39, 0.29) is 5.41 Å². The Labute approximate surface area is 98.5 Å². The summed E-state index contributed by atoms with van der Waals surface area (Å²) in [5.74, 6) is 0. The lowest BCUT2D eigenvalue weighted by molar-refractivity contribution is -0.138. The zero-order valence-electron chi connectivity index (χ0n) is 10.1. The molecule has 0 unspecified atom stereocenters. The first-order valence-corrected chi connectivity index (χ1v) is 5.45. The molecule has 0 spiro atoms. The second kappa shape index (κ2) is 3.70. The molecular formula is C12H15F3N2. The van der Waals surface area contributed by atoms with Gasteiger partial charge in [0.25, 0.3) is 0 Å². The van der Waals surface area contributed by atoms with Gasteiger partial charge in [-0.1, -0.05) is 13.8 Å². The van der Waals surface area contributed by atoms with Crippen molar-refractivity contribution < 1.29 is 13.2 Å². The van der Waals surface area contributed by atoms with Crippen LogP contribution in [-0.4, -0.2) is 23.5 Å². The van der Waals surface area contributed by atoms with Crippen molar-refractivity contribution >= 4 is 0 Å². The number of hydrogen-bond acceptors (Lipinski definition) is 2. The molecule has 0 aromatic carbocycles. The highest BCUT2D eigenvalue weighted by Crippen LogP contribution is 2.35. The van der Waals surface area contributed by atoms with Gasteiger partial charge in [0.05, 0.1) is 11.3 Å². The van der Waals surface area contributed by atoms with Crippen LogP contribution in [0.15, 0.2) is 12.3 Å². The molecule has 1 aromatic heterocycles. The molecule has 0 bridgehead atoms. The molecular weight excluding hydrogens is 229 g/mol. The minimum Gasteiger partial charge on any atom is -0.301 e. The second-order valence-electron chi connectivity index (χ2n) is 5.29. The third-order valence-electron chi connectivity index (χ3n) is 3.04. The number of fused-ring (bicyclic) bond motifs is 1. The van der Waals surface area contributed by atoms with Gasteiger partial charge in [-0.2, -0.15) is 13.2 Å². The average molecular weight is 244 g/mol. The first-order valence-electron chi connectivity index (χ1n) is 5.45. The standard InChI is InChI=1S/C12H15F3N2/c1-11(2)7-17(3)6-8-4-9(12(13,14)15)5-16-10(8)11/h4-5H,6-7H2,1-3H3. The SMILES string of the molecule is CN1Cc2cc(C(F)(F)F)cnc2C(C)(C)C1. The highest BCUT2D eigenvalue weighted by Gasteiger charge is 2.36. The van der Waals surface area contributed by atoms with E-state index in [9.17, 15) is 13.2 Å². The summed E-state index contributed by atoms with van der Waals surface area (Å²) in [6.07, 6.45) is -3.38. The monoisotopic (exact) mass is 244 g/mol. The van der Waals surface area contributed by atoms with Gasteiger partial charge in [-0.15, -0.1) is 0 Å². The lowest BCUT2D eigenvalue weighted by Crippen LogP contribution is -2.40. The number of nitrogens with zero attached hydrogens (tertiary/aromatic N) is 2. The van der Waals surface area contributed by atoms with Crippen LogP contribution in [0.1, 0.15) is 30.7 Å². The Kier molecular flexibility index (Phi) is 2.69. The van der Waals surface area contributed by atoms with Crippen molar-refractivity contribution in [3.8, 4) is 0 Å². The van der Waals surface area contributed by atoms with Crippen LogP contribution in [0.2, 0.25) is 0 Å². The van der Waals surface area contributed by atoms with Gasteiger partial charge in [-0.05, 0) is 18.7 Å². The van der Waals surface area contributed by atoms with Gasteiger partial charge in [0.15, 0.2) is 0 Å². The number of rotatable bonds is 0. The molecule has 0 saturated heterocycles. The summed E-state index contributed by atoms with van der Waals surface area (Å²) in [6.45, 7) is 5.33. The third kappa shape index (κ3) is 2.29. The predicted molar refractivity (Wildman–Crippen MR) is 58.6 cm³/mol. The van der Waals surface area contributed by atoms with E-state index >= 15 is 0 Å². The van der Waals surface area contributed by atoms with Crippen LogP contribution in [0, 0.1) is 0 Å². The highest BCUT2D eigenvalue weighted by molar-refractivity contribution is 5.33.